The molecule has 1 amide bonds. The number of rotatable bonds is 4. The highest BCUT2D eigenvalue weighted by molar-refractivity contribution is 5.94. The summed E-state index contributed by atoms with van der Waals surface area (Å²) in [5, 5.41) is 17.0. The number of nitrogens with one attached hydrogen (secondary N) is 1. The first-order valence-electron chi connectivity index (χ1n) is 8.76. The summed E-state index contributed by atoms with van der Waals surface area (Å²) in [5.41, 5.74) is 2.68. The van der Waals surface area contributed by atoms with Crippen LogP contribution in [-0.4, -0.2) is 51.3 Å². The van der Waals surface area contributed by atoms with E-state index in [0.717, 1.165) is 49.2 Å². The maximum absolute atomic E-state index is 12.3. The number of carbonyl (C=O) groups is 1. The Hall–Kier alpha value is -2.25. The lowest BCUT2D eigenvalue weighted by molar-refractivity contribution is 0.0932. The highest BCUT2D eigenvalue weighted by Crippen LogP contribution is 2.26. The second-order valence-corrected chi connectivity index (χ2v) is 6.86. The van der Waals surface area contributed by atoms with Gasteiger partial charge in [0, 0.05) is 55.6 Å². The predicted octanol–water partition coefficient (Wildman–Crippen LogP) is 0.923. The summed E-state index contributed by atoms with van der Waals surface area (Å²) >= 11 is 0. The normalized spacial score (nSPS) is 23.4. The molecule has 2 N–H and O–H groups in total. The molecule has 25 heavy (non-hydrogen) atoms. The van der Waals surface area contributed by atoms with E-state index in [0.29, 0.717) is 18.7 Å². The van der Waals surface area contributed by atoms with Crippen molar-refractivity contribution in [3.8, 4) is 0 Å². The van der Waals surface area contributed by atoms with Crippen LogP contribution in [0.25, 0.3) is 0 Å². The average molecular weight is 342 g/mol. The van der Waals surface area contributed by atoms with Crippen LogP contribution in [0.1, 0.15) is 40.2 Å². The van der Waals surface area contributed by atoms with E-state index in [-0.39, 0.29) is 18.1 Å². The molecule has 0 bridgehead atoms. The molecule has 1 unspecified atom stereocenters. The van der Waals surface area contributed by atoms with Crippen LogP contribution < -0.4 is 5.32 Å². The van der Waals surface area contributed by atoms with Gasteiger partial charge in [-0.25, -0.2) is 0 Å². The lowest BCUT2D eigenvalue weighted by Crippen LogP contribution is -2.39. The van der Waals surface area contributed by atoms with Gasteiger partial charge in [-0.2, -0.15) is 0 Å². The molecule has 0 aromatic carbocycles. The number of fused-ring (bicyclic) bond motifs is 1. The smallest absolute Gasteiger partial charge is 0.251 e. The van der Waals surface area contributed by atoms with Gasteiger partial charge in [-0.15, -0.1) is 0 Å². The molecule has 1 fully saturated rings. The van der Waals surface area contributed by atoms with E-state index in [2.05, 4.69) is 20.4 Å². The Morgan fingerprint density at radius 1 is 1.36 bits per heavy atom. The third kappa shape index (κ3) is 3.57. The largest absolute Gasteiger partial charge is 0.392 e. The van der Waals surface area contributed by atoms with Crippen LogP contribution in [0, 0.1) is 0 Å². The fraction of sp³-hybridized carbons (Fsp3) is 0.500. The molecular formula is C18H22N4O3. The number of pyridine rings is 1. The van der Waals surface area contributed by atoms with Crippen molar-refractivity contribution in [2.24, 2.45) is 0 Å². The summed E-state index contributed by atoms with van der Waals surface area (Å²) in [5.74, 6) is 0.862. The molecule has 132 valence electrons. The Kier molecular flexibility index (Phi) is 4.50. The van der Waals surface area contributed by atoms with Gasteiger partial charge in [-0.1, -0.05) is 5.16 Å². The lowest BCUT2D eigenvalue weighted by Gasteiger charge is -2.23. The molecule has 3 heterocycles. The number of aliphatic hydroxyl groups is 1. The molecular weight excluding hydrogens is 320 g/mol. The van der Waals surface area contributed by atoms with Crippen molar-refractivity contribution >= 4 is 5.91 Å². The van der Waals surface area contributed by atoms with Gasteiger partial charge in [0.15, 0.2) is 0 Å². The van der Waals surface area contributed by atoms with E-state index in [4.69, 9.17) is 4.52 Å². The van der Waals surface area contributed by atoms with Crippen LogP contribution in [-0.2, 0) is 19.4 Å². The van der Waals surface area contributed by atoms with Gasteiger partial charge in [0.25, 0.3) is 5.91 Å². The fourth-order valence-electron chi connectivity index (χ4n) is 3.65. The molecule has 7 heteroatoms. The molecule has 0 radical (unpaired) electrons. The third-order valence-electron chi connectivity index (χ3n) is 5.02. The number of aryl methyl sites for hydroxylation is 1. The molecule has 2 atom stereocenters. The SMILES string of the molecule is O=C(NC1CCc2onc(CN3CC[C@@H](O)C3)c2C1)c1ccncc1. The van der Waals surface area contributed by atoms with Crippen LogP contribution in [0.2, 0.25) is 0 Å². The topological polar surface area (TPSA) is 91.5 Å². The van der Waals surface area contributed by atoms with Gasteiger partial charge in [0.05, 0.1) is 6.10 Å². The van der Waals surface area contributed by atoms with Crippen molar-refractivity contribution < 1.29 is 14.4 Å². The number of likely N-dealkylation sites (tertiary alicyclic amines) is 1. The minimum Gasteiger partial charge on any atom is -0.392 e. The van der Waals surface area contributed by atoms with Crippen molar-refractivity contribution in [1.82, 2.24) is 20.4 Å². The van der Waals surface area contributed by atoms with E-state index < -0.39 is 0 Å². The summed E-state index contributed by atoms with van der Waals surface area (Å²) in [6.07, 6.45) is 6.18. The van der Waals surface area contributed by atoms with Gasteiger partial charge in [0.2, 0.25) is 0 Å². The number of carbonyl (C=O) groups excluding carboxylic acids is 1. The van der Waals surface area contributed by atoms with Crippen molar-refractivity contribution in [2.45, 2.75) is 44.4 Å². The van der Waals surface area contributed by atoms with E-state index >= 15 is 0 Å². The molecule has 2 aliphatic rings. The number of hydrogen-bond donors (Lipinski definition) is 2. The Morgan fingerprint density at radius 2 is 2.20 bits per heavy atom. The zero-order chi connectivity index (χ0) is 17.2. The summed E-state index contributed by atoms with van der Waals surface area (Å²) in [6.45, 7) is 2.26. The summed E-state index contributed by atoms with van der Waals surface area (Å²) < 4.78 is 5.50. The van der Waals surface area contributed by atoms with Crippen molar-refractivity contribution in [1.29, 1.82) is 0 Å². The first-order valence-corrected chi connectivity index (χ1v) is 8.76. The Labute approximate surface area is 146 Å². The molecule has 4 rings (SSSR count). The second kappa shape index (κ2) is 6.93. The fourth-order valence-corrected chi connectivity index (χ4v) is 3.65. The number of aliphatic hydroxyl groups excluding tert-OH is 1. The van der Waals surface area contributed by atoms with Crippen LogP contribution in [0.5, 0.6) is 0 Å². The maximum atomic E-state index is 12.3. The molecule has 1 aliphatic carbocycles. The average Bonchev–Trinajstić information content (AvgIpc) is 3.22. The maximum Gasteiger partial charge on any atom is 0.251 e. The Morgan fingerprint density at radius 3 is 2.96 bits per heavy atom. The van der Waals surface area contributed by atoms with E-state index in [9.17, 15) is 9.90 Å². The molecule has 2 aromatic heterocycles. The van der Waals surface area contributed by atoms with Gasteiger partial charge in [0.1, 0.15) is 11.5 Å². The van der Waals surface area contributed by atoms with Crippen LogP contribution in [0.15, 0.2) is 29.0 Å². The highest BCUT2D eigenvalue weighted by atomic mass is 16.5. The van der Waals surface area contributed by atoms with Gasteiger partial charge < -0.3 is 14.9 Å². The van der Waals surface area contributed by atoms with Crippen LogP contribution in [0.3, 0.4) is 0 Å². The van der Waals surface area contributed by atoms with Crippen LogP contribution >= 0.6 is 0 Å². The molecule has 2 aromatic rings. The zero-order valence-corrected chi connectivity index (χ0v) is 14.0. The summed E-state index contributed by atoms with van der Waals surface area (Å²) in [4.78, 5) is 18.5. The van der Waals surface area contributed by atoms with Gasteiger partial charge >= 0.3 is 0 Å². The van der Waals surface area contributed by atoms with Crippen LogP contribution in [0.4, 0.5) is 0 Å². The predicted molar refractivity (Wildman–Crippen MR) is 89.9 cm³/mol. The van der Waals surface area contributed by atoms with Crippen molar-refractivity contribution in [3.05, 3.63) is 47.1 Å². The molecule has 1 aliphatic heterocycles. The standard InChI is InChI=1S/C18H22N4O3/c23-14-5-8-22(10-14)11-16-15-9-13(1-2-17(15)25-21-16)20-18(24)12-3-6-19-7-4-12/h3-4,6-7,13-14,23H,1-2,5,8-11H2,(H,20,24)/t13?,14-/m1/s1. The Balaban J connectivity index is 1.42. The molecule has 1 saturated heterocycles. The number of β-amino-alcohol motifs (C(OH)–C–C–N with tert-alkyl or cyclic N) is 1. The van der Waals surface area contributed by atoms with E-state index in [1.807, 2.05) is 0 Å². The second-order valence-electron chi connectivity index (χ2n) is 6.86. The minimum atomic E-state index is -0.241. The first kappa shape index (κ1) is 16.2. The minimum absolute atomic E-state index is 0.0727. The lowest BCUT2D eigenvalue weighted by atomic mass is 9.91. The Bertz CT molecular complexity index is 746. The number of nitrogens with zero attached hydrogens (tertiary/aromatic N) is 3. The number of hydrogen-bond acceptors (Lipinski definition) is 6. The summed E-state index contributed by atoms with van der Waals surface area (Å²) in [7, 11) is 0. The first-order chi connectivity index (χ1) is 12.2. The van der Waals surface area contributed by atoms with Crippen molar-refractivity contribution in [2.75, 3.05) is 13.1 Å². The number of aromatic nitrogens is 2. The molecule has 0 saturated carbocycles. The summed E-state index contributed by atoms with van der Waals surface area (Å²) in [6, 6.07) is 3.51. The monoisotopic (exact) mass is 342 g/mol. The third-order valence-corrected chi connectivity index (χ3v) is 5.02. The zero-order valence-electron chi connectivity index (χ0n) is 14.0. The van der Waals surface area contributed by atoms with E-state index in [1.165, 1.54) is 0 Å². The number of amides is 1. The van der Waals surface area contributed by atoms with E-state index in [1.54, 1.807) is 24.5 Å². The van der Waals surface area contributed by atoms with Crippen molar-refractivity contribution in [3.63, 3.8) is 0 Å². The highest BCUT2D eigenvalue weighted by Gasteiger charge is 2.29. The molecule has 7 nitrogen and oxygen atoms in total. The molecule has 0 spiro atoms. The van der Waals surface area contributed by atoms with Gasteiger partial charge in [-0.05, 0) is 31.4 Å². The van der Waals surface area contributed by atoms with Gasteiger partial charge in [-0.3, -0.25) is 14.7 Å². The quantitative estimate of drug-likeness (QED) is 0.859.